The van der Waals surface area contributed by atoms with Crippen LogP contribution in [0.2, 0.25) is 0 Å². The third-order valence-electron chi connectivity index (χ3n) is 3.96. The number of fused-ring (bicyclic) bond motifs is 1. The van der Waals surface area contributed by atoms with Gasteiger partial charge in [-0.15, -0.1) is 0 Å². The van der Waals surface area contributed by atoms with Crippen LogP contribution in [-0.4, -0.2) is 23.0 Å². The molecule has 1 atom stereocenters. The molecule has 1 aromatic carbocycles. The molecule has 0 bridgehead atoms. The Labute approximate surface area is 106 Å². The summed E-state index contributed by atoms with van der Waals surface area (Å²) in [6.45, 7) is 10.4. The van der Waals surface area contributed by atoms with Gasteiger partial charge in [-0.05, 0) is 57.7 Å². The molecule has 0 heterocycles. The third kappa shape index (κ3) is 2.71. The number of benzene rings is 1. The quantitative estimate of drug-likeness (QED) is 0.751. The number of likely N-dealkylation sites (N-methyl/N-ethyl adjacent to an activating group) is 1. The maximum atomic E-state index is 2.66. The van der Waals surface area contributed by atoms with Crippen LogP contribution in [0, 0.1) is 0 Å². The second kappa shape index (κ2) is 4.81. The summed E-state index contributed by atoms with van der Waals surface area (Å²) in [7, 11) is 0. The maximum absolute atomic E-state index is 2.66. The first kappa shape index (κ1) is 12.6. The van der Waals surface area contributed by atoms with Crippen molar-refractivity contribution in [1.82, 2.24) is 4.90 Å². The zero-order valence-electron chi connectivity index (χ0n) is 11.7. The summed E-state index contributed by atoms with van der Waals surface area (Å²) >= 11 is 0. The second-order valence-corrected chi connectivity index (χ2v) is 6.12. The van der Waals surface area contributed by atoms with Crippen LogP contribution in [0.1, 0.15) is 45.2 Å². The van der Waals surface area contributed by atoms with Crippen molar-refractivity contribution in [3.05, 3.63) is 35.4 Å². The highest BCUT2D eigenvalue weighted by Crippen LogP contribution is 2.28. The Morgan fingerprint density at radius 1 is 1.18 bits per heavy atom. The Balaban J connectivity index is 2.16. The van der Waals surface area contributed by atoms with Crippen LogP contribution in [-0.2, 0) is 12.8 Å². The van der Waals surface area contributed by atoms with Crippen molar-refractivity contribution in [3.8, 4) is 0 Å². The Morgan fingerprint density at radius 3 is 2.41 bits per heavy atom. The van der Waals surface area contributed by atoms with E-state index in [0.29, 0.717) is 0 Å². The first-order valence-electron chi connectivity index (χ1n) is 6.86. The van der Waals surface area contributed by atoms with Gasteiger partial charge in [0, 0.05) is 11.6 Å². The summed E-state index contributed by atoms with van der Waals surface area (Å²) in [5.74, 6) is 0. The van der Waals surface area contributed by atoms with Crippen molar-refractivity contribution in [2.24, 2.45) is 0 Å². The second-order valence-electron chi connectivity index (χ2n) is 6.12. The Morgan fingerprint density at radius 2 is 1.82 bits per heavy atom. The molecular formula is C16H25N. The molecule has 0 saturated heterocycles. The predicted molar refractivity (Wildman–Crippen MR) is 74.4 cm³/mol. The Hall–Kier alpha value is -0.820. The van der Waals surface area contributed by atoms with Gasteiger partial charge in [-0.25, -0.2) is 0 Å². The van der Waals surface area contributed by atoms with Gasteiger partial charge in [-0.1, -0.05) is 31.2 Å². The summed E-state index contributed by atoms with van der Waals surface area (Å²) in [5.41, 5.74) is 3.41. The number of aryl methyl sites for hydroxylation is 1. The Kier molecular flexibility index (Phi) is 3.58. The van der Waals surface area contributed by atoms with Gasteiger partial charge in [0.25, 0.3) is 0 Å². The van der Waals surface area contributed by atoms with Crippen molar-refractivity contribution >= 4 is 0 Å². The minimum Gasteiger partial charge on any atom is -0.295 e. The van der Waals surface area contributed by atoms with E-state index in [1.165, 1.54) is 19.3 Å². The molecule has 1 unspecified atom stereocenters. The van der Waals surface area contributed by atoms with Crippen molar-refractivity contribution in [2.45, 2.75) is 58.5 Å². The molecule has 1 heteroatoms. The lowest BCUT2D eigenvalue weighted by Gasteiger charge is -2.43. The van der Waals surface area contributed by atoms with Gasteiger partial charge in [-0.3, -0.25) is 4.90 Å². The normalized spacial score (nSPS) is 20.4. The van der Waals surface area contributed by atoms with E-state index >= 15 is 0 Å². The standard InChI is InChI=1S/C16H25N/c1-5-17(16(2,3)4)15-11-10-13-8-6-7-9-14(13)12-15/h6-9,15H,5,10-12H2,1-4H3. The zero-order chi connectivity index (χ0) is 12.5. The lowest BCUT2D eigenvalue weighted by atomic mass is 9.86. The van der Waals surface area contributed by atoms with Gasteiger partial charge in [0.05, 0.1) is 0 Å². The van der Waals surface area contributed by atoms with Crippen LogP contribution in [0.25, 0.3) is 0 Å². The molecule has 0 saturated carbocycles. The highest BCUT2D eigenvalue weighted by atomic mass is 15.2. The van der Waals surface area contributed by atoms with Gasteiger partial charge in [0.2, 0.25) is 0 Å². The van der Waals surface area contributed by atoms with Gasteiger partial charge in [0.1, 0.15) is 0 Å². The highest BCUT2D eigenvalue weighted by Gasteiger charge is 2.29. The van der Waals surface area contributed by atoms with E-state index < -0.39 is 0 Å². The SMILES string of the molecule is CCN(C1CCc2ccccc2C1)C(C)(C)C. The molecule has 0 spiro atoms. The topological polar surface area (TPSA) is 3.24 Å². The predicted octanol–water partition coefficient (Wildman–Crippen LogP) is 3.66. The number of hydrogen-bond donors (Lipinski definition) is 0. The van der Waals surface area contributed by atoms with E-state index in [0.717, 1.165) is 12.6 Å². The van der Waals surface area contributed by atoms with Crippen molar-refractivity contribution in [1.29, 1.82) is 0 Å². The molecule has 1 aliphatic carbocycles. The molecule has 0 N–H and O–H groups in total. The average molecular weight is 231 g/mol. The number of rotatable bonds is 2. The largest absolute Gasteiger partial charge is 0.295 e. The van der Waals surface area contributed by atoms with Crippen molar-refractivity contribution in [3.63, 3.8) is 0 Å². The average Bonchev–Trinajstić information content (AvgIpc) is 2.28. The van der Waals surface area contributed by atoms with E-state index in [4.69, 9.17) is 0 Å². The molecular weight excluding hydrogens is 206 g/mol. The molecule has 0 radical (unpaired) electrons. The van der Waals surface area contributed by atoms with E-state index in [1.807, 2.05) is 0 Å². The van der Waals surface area contributed by atoms with Crippen molar-refractivity contribution in [2.75, 3.05) is 6.54 Å². The number of hydrogen-bond acceptors (Lipinski definition) is 1. The van der Waals surface area contributed by atoms with Crippen LogP contribution < -0.4 is 0 Å². The monoisotopic (exact) mass is 231 g/mol. The molecule has 2 rings (SSSR count). The summed E-state index contributed by atoms with van der Waals surface area (Å²) in [6.07, 6.45) is 3.77. The molecule has 0 amide bonds. The fourth-order valence-electron chi connectivity index (χ4n) is 3.22. The van der Waals surface area contributed by atoms with E-state index in [2.05, 4.69) is 56.9 Å². The van der Waals surface area contributed by atoms with Gasteiger partial charge in [-0.2, -0.15) is 0 Å². The first-order valence-corrected chi connectivity index (χ1v) is 6.86. The summed E-state index contributed by atoms with van der Waals surface area (Å²) in [6, 6.07) is 9.65. The van der Waals surface area contributed by atoms with Crippen LogP contribution in [0.4, 0.5) is 0 Å². The molecule has 1 nitrogen and oxygen atoms in total. The highest BCUT2D eigenvalue weighted by molar-refractivity contribution is 5.30. The van der Waals surface area contributed by atoms with Crippen LogP contribution >= 0.6 is 0 Å². The van der Waals surface area contributed by atoms with Crippen LogP contribution in [0.3, 0.4) is 0 Å². The minimum atomic E-state index is 0.283. The van der Waals surface area contributed by atoms with Crippen molar-refractivity contribution < 1.29 is 0 Å². The molecule has 94 valence electrons. The smallest absolute Gasteiger partial charge is 0.0144 e. The molecule has 0 fully saturated rings. The molecule has 0 aromatic heterocycles. The molecule has 17 heavy (non-hydrogen) atoms. The van der Waals surface area contributed by atoms with Gasteiger partial charge < -0.3 is 0 Å². The summed E-state index contributed by atoms with van der Waals surface area (Å²) in [5, 5.41) is 0. The van der Waals surface area contributed by atoms with E-state index in [9.17, 15) is 0 Å². The van der Waals surface area contributed by atoms with Crippen LogP contribution in [0.15, 0.2) is 24.3 Å². The lowest BCUT2D eigenvalue weighted by Crippen LogP contribution is -2.50. The summed E-state index contributed by atoms with van der Waals surface area (Å²) < 4.78 is 0. The maximum Gasteiger partial charge on any atom is 0.0144 e. The van der Waals surface area contributed by atoms with Gasteiger partial charge >= 0.3 is 0 Å². The van der Waals surface area contributed by atoms with E-state index in [-0.39, 0.29) is 5.54 Å². The fraction of sp³-hybridized carbons (Fsp3) is 0.625. The van der Waals surface area contributed by atoms with Crippen LogP contribution in [0.5, 0.6) is 0 Å². The van der Waals surface area contributed by atoms with E-state index in [1.54, 1.807) is 11.1 Å². The first-order chi connectivity index (χ1) is 8.02. The summed E-state index contributed by atoms with van der Waals surface area (Å²) in [4.78, 5) is 2.66. The lowest BCUT2D eigenvalue weighted by molar-refractivity contribution is 0.0800. The molecule has 1 aliphatic rings. The molecule has 0 aliphatic heterocycles. The number of nitrogens with zero attached hydrogens (tertiary/aromatic N) is 1. The minimum absolute atomic E-state index is 0.283. The zero-order valence-corrected chi connectivity index (χ0v) is 11.7. The van der Waals surface area contributed by atoms with Gasteiger partial charge in [0.15, 0.2) is 0 Å². The molecule has 1 aromatic rings. The fourth-order valence-corrected chi connectivity index (χ4v) is 3.22. The Bertz CT molecular complexity index is 375. The third-order valence-corrected chi connectivity index (χ3v) is 3.96.